The molecule has 0 aromatic heterocycles. The molecule has 2 N–H and O–H groups in total. The van der Waals surface area contributed by atoms with Crippen LogP contribution in [-0.2, 0) is 8.85 Å². The van der Waals surface area contributed by atoms with Crippen molar-refractivity contribution < 1.29 is 19.1 Å². The molecular weight excluding hydrogens is 360 g/mol. The molecule has 150 valence electrons. The van der Waals surface area contributed by atoms with Gasteiger partial charge in [0, 0.05) is 24.7 Å². The van der Waals surface area contributed by atoms with Gasteiger partial charge < -0.3 is 19.1 Å². The first-order chi connectivity index (χ1) is 11.5. The maximum absolute atomic E-state index is 11.1. The van der Waals surface area contributed by atoms with Crippen molar-refractivity contribution >= 4 is 16.6 Å². The van der Waals surface area contributed by atoms with Gasteiger partial charge in [-0.25, -0.2) is 0 Å². The van der Waals surface area contributed by atoms with E-state index >= 15 is 0 Å². The lowest BCUT2D eigenvalue weighted by Crippen LogP contribution is -2.69. The first kappa shape index (κ1) is 19.6. The molecule has 0 saturated heterocycles. The first-order valence-electron chi connectivity index (χ1n) is 10.4. The van der Waals surface area contributed by atoms with Gasteiger partial charge in [0.25, 0.3) is 0 Å². The maximum atomic E-state index is 11.1. The minimum absolute atomic E-state index is 0.166. The second kappa shape index (κ2) is 5.06. The van der Waals surface area contributed by atoms with Gasteiger partial charge in [0.1, 0.15) is 0 Å². The van der Waals surface area contributed by atoms with Crippen molar-refractivity contribution in [2.24, 2.45) is 23.7 Å². The fourth-order valence-corrected chi connectivity index (χ4v) is 11.0. The zero-order valence-electron chi connectivity index (χ0n) is 17.8. The van der Waals surface area contributed by atoms with E-state index in [9.17, 15) is 10.2 Å². The summed E-state index contributed by atoms with van der Waals surface area (Å²) in [6.45, 7) is 17.5. The molecule has 0 bridgehead atoms. The Morgan fingerprint density at radius 1 is 0.692 bits per heavy atom. The van der Waals surface area contributed by atoms with Crippen molar-refractivity contribution in [2.45, 2.75) is 101 Å². The third kappa shape index (κ3) is 2.66. The Bertz CT molecular complexity index is 566. The van der Waals surface area contributed by atoms with Crippen molar-refractivity contribution in [1.82, 2.24) is 0 Å². The Labute approximate surface area is 160 Å². The Hall–Kier alpha value is 0.274. The van der Waals surface area contributed by atoms with Gasteiger partial charge in [-0.1, -0.05) is 0 Å². The molecule has 0 aromatic carbocycles. The first-order valence-corrected chi connectivity index (χ1v) is 17.2. The summed E-state index contributed by atoms with van der Waals surface area (Å²) in [6, 6.07) is 0. The van der Waals surface area contributed by atoms with Gasteiger partial charge in [0.15, 0.2) is 16.6 Å². The average Bonchev–Trinajstić information content (AvgIpc) is 2.64. The van der Waals surface area contributed by atoms with E-state index in [1.807, 2.05) is 13.8 Å². The summed E-state index contributed by atoms with van der Waals surface area (Å²) in [5.41, 5.74) is -1.62. The largest absolute Gasteiger partial charge is 0.412 e. The second-order valence-corrected chi connectivity index (χ2v) is 21.2. The fraction of sp³-hybridized carbons (Fsp3) is 1.00. The minimum atomic E-state index is -1.71. The van der Waals surface area contributed by atoms with Gasteiger partial charge in [-0.15, -0.1) is 0 Å². The summed E-state index contributed by atoms with van der Waals surface area (Å²) in [6.07, 6.45) is 3.47. The van der Waals surface area contributed by atoms with Gasteiger partial charge in [0.2, 0.25) is 0 Å². The molecular formula is C20H38O4Si2. The van der Waals surface area contributed by atoms with E-state index in [-0.39, 0.29) is 23.0 Å². The number of aliphatic hydroxyl groups is 2. The molecule has 0 heterocycles. The lowest BCUT2D eigenvalue weighted by atomic mass is 9.55. The molecule has 4 fully saturated rings. The Morgan fingerprint density at radius 2 is 1.00 bits per heavy atom. The number of fused-ring (bicyclic) bond motifs is 5. The standard InChI is InChI=1S/C20H38O4Si2/c1-17(21)11-19(23-25(3,4)5)10-14-13(15(17)19)9-20(24-26(6,7)8)12-18(2,22)16(14)20/h13-16,21-22H,9-12H2,1-8H3/t13-,14-,15-,16-,17-,18-,19-,20-/m1/s1. The molecule has 0 unspecified atom stereocenters. The van der Waals surface area contributed by atoms with Crippen LogP contribution in [0.5, 0.6) is 0 Å². The number of rotatable bonds is 4. The van der Waals surface area contributed by atoms with Crippen molar-refractivity contribution in [3.05, 3.63) is 0 Å². The highest BCUT2D eigenvalue weighted by Gasteiger charge is 2.80. The lowest BCUT2D eigenvalue weighted by molar-refractivity contribution is -0.237. The zero-order valence-corrected chi connectivity index (χ0v) is 19.8. The van der Waals surface area contributed by atoms with Gasteiger partial charge in [-0.3, -0.25) is 0 Å². The SMILES string of the molecule is C[C@@]1(O)C[C@]2(O[Si](C)(C)C)C[C@@H]3[C@@H](C[C@@]4(O[Si](C)(C)C)C[C@@](C)(O)[C@@H]34)[C@@H]21. The van der Waals surface area contributed by atoms with Gasteiger partial charge >= 0.3 is 0 Å². The van der Waals surface area contributed by atoms with E-state index in [2.05, 4.69) is 39.3 Å². The molecule has 4 nitrogen and oxygen atoms in total. The van der Waals surface area contributed by atoms with E-state index in [4.69, 9.17) is 8.85 Å². The molecule has 4 rings (SSSR count). The highest BCUT2D eigenvalue weighted by Crippen LogP contribution is 2.75. The Balaban J connectivity index is 1.67. The van der Waals surface area contributed by atoms with Crippen LogP contribution in [0.25, 0.3) is 0 Å². The fourth-order valence-electron chi connectivity index (χ4n) is 7.96. The molecule has 6 heteroatoms. The molecule has 0 amide bonds. The van der Waals surface area contributed by atoms with E-state index in [1.54, 1.807) is 0 Å². The summed E-state index contributed by atoms with van der Waals surface area (Å²) >= 11 is 0. The number of hydrogen-bond acceptors (Lipinski definition) is 4. The number of hydrogen-bond donors (Lipinski definition) is 2. The third-order valence-electron chi connectivity index (χ3n) is 7.38. The summed E-state index contributed by atoms with van der Waals surface area (Å²) in [7, 11) is -3.41. The van der Waals surface area contributed by atoms with E-state index in [0.29, 0.717) is 11.8 Å². The molecule has 4 aliphatic carbocycles. The van der Waals surface area contributed by atoms with Crippen LogP contribution in [0.3, 0.4) is 0 Å². The van der Waals surface area contributed by atoms with Gasteiger partial charge in [-0.05, 0) is 77.8 Å². The molecule has 0 radical (unpaired) electrons. The van der Waals surface area contributed by atoms with Crippen LogP contribution in [0.1, 0.15) is 39.5 Å². The van der Waals surface area contributed by atoms with Crippen LogP contribution in [0.2, 0.25) is 39.3 Å². The maximum Gasteiger partial charge on any atom is 0.184 e. The third-order valence-corrected chi connectivity index (χ3v) is 9.41. The van der Waals surface area contributed by atoms with Crippen LogP contribution in [-0.4, -0.2) is 49.3 Å². The quantitative estimate of drug-likeness (QED) is 0.708. The summed E-state index contributed by atoms with van der Waals surface area (Å²) in [4.78, 5) is 0. The smallest absolute Gasteiger partial charge is 0.184 e. The molecule has 0 aliphatic heterocycles. The average molecular weight is 399 g/mol. The van der Waals surface area contributed by atoms with E-state index < -0.39 is 27.8 Å². The van der Waals surface area contributed by atoms with Gasteiger partial charge in [0.05, 0.1) is 22.4 Å². The zero-order chi connectivity index (χ0) is 19.6. The van der Waals surface area contributed by atoms with Gasteiger partial charge in [-0.2, -0.15) is 0 Å². The molecule has 0 aromatic rings. The Kier molecular flexibility index (Phi) is 3.81. The summed E-state index contributed by atoms with van der Waals surface area (Å²) < 4.78 is 13.5. The molecule has 8 atom stereocenters. The summed E-state index contributed by atoms with van der Waals surface area (Å²) in [5, 5.41) is 22.1. The molecule has 26 heavy (non-hydrogen) atoms. The normalized spacial score (nSPS) is 55.6. The summed E-state index contributed by atoms with van der Waals surface area (Å²) in [5.74, 6) is 1.20. The lowest BCUT2D eigenvalue weighted by Gasteiger charge is -2.62. The predicted octanol–water partition coefficient (Wildman–Crippen LogP) is 3.75. The van der Waals surface area contributed by atoms with Crippen LogP contribution in [0.4, 0.5) is 0 Å². The van der Waals surface area contributed by atoms with E-state index in [1.165, 1.54) is 0 Å². The minimum Gasteiger partial charge on any atom is -0.412 e. The molecule has 4 saturated carbocycles. The highest BCUT2D eigenvalue weighted by atomic mass is 28.4. The topological polar surface area (TPSA) is 58.9 Å². The van der Waals surface area contributed by atoms with Crippen molar-refractivity contribution in [3.63, 3.8) is 0 Å². The van der Waals surface area contributed by atoms with Crippen molar-refractivity contribution in [2.75, 3.05) is 0 Å². The Morgan fingerprint density at radius 3 is 1.23 bits per heavy atom. The van der Waals surface area contributed by atoms with Crippen LogP contribution >= 0.6 is 0 Å². The second-order valence-electron chi connectivity index (χ2n) is 12.3. The monoisotopic (exact) mass is 398 g/mol. The molecule has 0 spiro atoms. The molecule has 4 aliphatic rings. The highest BCUT2D eigenvalue weighted by molar-refractivity contribution is 6.70. The van der Waals surface area contributed by atoms with Crippen LogP contribution < -0.4 is 0 Å². The van der Waals surface area contributed by atoms with Crippen molar-refractivity contribution in [3.8, 4) is 0 Å². The van der Waals surface area contributed by atoms with Crippen LogP contribution in [0, 0.1) is 23.7 Å². The predicted molar refractivity (Wildman–Crippen MR) is 108 cm³/mol. The van der Waals surface area contributed by atoms with E-state index in [0.717, 1.165) is 25.7 Å². The van der Waals surface area contributed by atoms with Crippen molar-refractivity contribution in [1.29, 1.82) is 0 Å². The van der Waals surface area contributed by atoms with Crippen LogP contribution in [0.15, 0.2) is 0 Å².